The van der Waals surface area contributed by atoms with Crippen LogP contribution in [0.2, 0.25) is 5.02 Å². The van der Waals surface area contributed by atoms with E-state index in [1.54, 1.807) is 16.2 Å². The van der Waals surface area contributed by atoms with Crippen molar-refractivity contribution in [1.82, 2.24) is 15.1 Å². The number of anilines is 1. The Balaban J connectivity index is 1.42. The molecule has 1 aliphatic rings. The minimum atomic E-state index is -0.586. The molecule has 1 fully saturated rings. The third kappa shape index (κ3) is 3.71. The molecule has 0 spiro atoms. The number of hydrogen-bond acceptors (Lipinski definition) is 8. The number of benzene rings is 1. The van der Waals surface area contributed by atoms with Crippen molar-refractivity contribution in [2.75, 3.05) is 31.1 Å². The van der Waals surface area contributed by atoms with E-state index in [4.69, 9.17) is 11.6 Å². The number of nitro groups is 1. The second-order valence-electron chi connectivity index (χ2n) is 6.07. The molecule has 0 unspecified atom stereocenters. The number of rotatable bonds is 4. The lowest BCUT2D eigenvalue weighted by Gasteiger charge is -2.34. The lowest BCUT2D eigenvalue weighted by Crippen LogP contribution is -2.48. The average molecular weight is 436 g/mol. The van der Waals surface area contributed by atoms with Crippen LogP contribution < -0.4 is 4.90 Å². The van der Waals surface area contributed by atoms with E-state index >= 15 is 0 Å². The first-order chi connectivity index (χ1) is 13.5. The number of hydrogen-bond donors (Lipinski definition) is 0. The molecule has 3 heterocycles. The van der Waals surface area contributed by atoms with Crippen LogP contribution in [0.4, 0.5) is 10.8 Å². The van der Waals surface area contributed by atoms with Gasteiger partial charge in [-0.2, -0.15) is 0 Å². The topological polar surface area (TPSA) is 92.5 Å². The van der Waals surface area contributed by atoms with Gasteiger partial charge in [0.1, 0.15) is 5.02 Å². The molecule has 3 aromatic rings. The Bertz CT molecular complexity index is 1020. The molecule has 0 bridgehead atoms. The van der Waals surface area contributed by atoms with E-state index in [0.717, 1.165) is 15.0 Å². The number of carbonyl (C=O) groups excluding carboxylic acids is 1. The van der Waals surface area contributed by atoms with Crippen LogP contribution in [0.3, 0.4) is 0 Å². The van der Waals surface area contributed by atoms with Crippen molar-refractivity contribution >= 4 is 51.0 Å². The first kappa shape index (κ1) is 18.8. The van der Waals surface area contributed by atoms with Gasteiger partial charge in [-0.15, -0.1) is 21.5 Å². The third-order valence-corrected chi connectivity index (χ3v) is 6.72. The number of thiophene rings is 1. The van der Waals surface area contributed by atoms with Gasteiger partial charge in [0.15, 0.2) is 5.01 Å². The van der Waals surface area contributed by atoms with Crippen molar-refractivity contribution in [3.05, 3.63) is 56.4 Å². The van der Waals surface area contributed by atoms with E-state index < -0.39 is 4.92 Å². The number of carbonyl (C=O) groups is 1. The molecule has 2 aromatic heterocycles. The minimum Gasteiger partial charge on any atom is -0.343 e. The number of aromatic nitrogens is 2. The summed E-state index contributed by atoms with van der Waals surface area (Å²) in [4.78, 5) is 28.0. The van der Waals surface area contributed by atoms with Crippen molar-refractivity contribution in [1.29, 1.82) is 0 Å². The Morgan fingerprint density at radius 2 is 1.96 bits per heavy atom. The predicted octanol–water partition coefficient (Wildman–Crippen LogP) is 3.79. The number of piperazine rings is 1. The molecule has 28 heavy (non-hydrogen) atoms. The molecular formula is C17H14ClN5O3S2. The highest BCUT2D eigenvalue weighted by atomic mass is 35.5. The summed E-state index contributed by atoms with van der Waals surface area (Å²) in [5.41, 5.74) is 0.00145. The Kier molecular flexibility index (Phi) is 5.25. The third-order valence-electron chi connectivity index (χ3n) is 4.37. The van der Waals surface area contributed by atoms with Gasteiger partial charge in [0.2, 0.25) is 5.13 Å². The molecule has 1 aromatic carbocycles. The molecule has 0 radical (unpaired) electrons. The molecule has 144 valence electrons. The maximum absolute atomic E-state index is 12.7. The van der Waals surface area contributed by atoms with E-state index in [9.17, 15) is 14.9 Å². The monoisotopic (exact) mass is 435 g/mol. The van der Waals surface area contributed by atoms with Gasteiger partial charge in [0.05, 0.1) is 9.80 Å². The van der Waals surface area contributed by atoms with Crippen LogP contribution in [0.25, 0.3) is 9.88 Å². The predicted molar refractivity (Wildman–Crippen MR) is 109 cm³/mol. The van der Waals surface area contributed by atoms with Crippen LogP contribution >= 0.6 is 34.3 Å². The van der Waals surface area contributed by atoms with Crippen LogP contribution in [0.15, 0.2) is 35.7 Å². The van der Waals surface area contributed by atoms with E-state index in [-0.39, 0.29) is 22.2 Å². The molecule has 1 saturated heterocycles. The average Bonchev–Trinajstić information content (AvgIpc) is 3.39. The van der Waals surface area contributed by atoms with Crippen molar-refractivity contribution in [3.63, 3.8) is 0 Å². The minimum absolute atomic E-state index is 0.0178. The standard InChI is InChI=1S/C17H14ClN5O3S2/c18-12-4-3-11(10-13(12)23(25)26)16(24)21-5-7-22(8-6-21)17-20-19-15(28-17)14-2-1-9-27-14/h1-4,9-10H,5-8H2. The maximum Gasteiger partial charge on any atom is 0.288 e. The van der Waals surface area contributed by atoms with Gasteiger partial charge in [-0.25, -0.2) is 0 Å². The molecule has 8 nitrogen and oxygen atoms in total. The molecule has 0 saturated carbocycles. The van der Waals surface area contributed by atoms with Gasteiger partial charge >= 0.3 is 0 Å². The second kappa shape index (κ2) is 7.82. The summed E-state index contributed by atoms with van der Waals surface area (Å²) in [5.74, 6) is -0.240. The van der Waals surface area contributed by atoms with Gasteiger partial charge in [0.25, 0.3) is 11.6 Å². The maximum atomic E-state index is 12.7. The summed E-state index contributed by atoms with van der Waals surface area (Å²) in [7, 11) is 0. The number of halogens is 1. The van der Waals surface area contributed by atoms with Crippen molar-refractivity contribution in [2.24, 2.45) is 0 Å². The Labute approximate surface area is 173 Å². The van der Waals surface area contributed by atoms with Crippen molar-refractivity contribution < 1.29 is 9.72 Å². The zero-order valence-corrected chi connectivity index (χ0v) is 16.8. The van der Waals surface area contributed by atoms with Crippen LogP contribution in [0, 0.1) is 10.1 Å². The Morgan fingerprint density at radius 1 is 1.18 bits per heavy atom. The van der Waals surface area contributed by atoms with E-state index in [1.807, 2.05) is 17.5 Å². The smallest absolute Gasteiger partial charge is 0.288 e. The Hall–Kier alpha value is -2.56. The van der Waals surface area contributed by atoms with Crippen molar-refractivity contribution in [3.8, 4) is 9.88 Å². The van der Waals surface area contributed by atoms with E-state index in [0.29, 0.717) is 26.2 Å². The normalized spacial score (nSPS) is 14.3. The lowest BCUT2D eigenvalue weighted by atomic mass is 10.1. The van der Waals surface area contributed by atoms with Gasteiger partial charge < -0.3 is 9.80 Å². The molecule has 1 amide bonds. The van der Waals surface area contributed by atoms with Gasteiger partial charge in [-0.3, -0.25) is 14.9 Å². The van der Waals surface area contributed by atoms with E-state index in [2.05, 4.69) is 15.1 Å². The molecule has 0 atom stereocenters. The molecule has 11 heteroatoms. The van der Waals surface area contributed by atoms with Gasteiger partial charge in [0, 0.05) is 37.8 Å². The summed E-state index contributed by atoms with van der Waals surface area (Å²) in [6.07, 6.45) is 0. The molecule has 1 aliphatic heterocycles. The molecule has 4 rings (SSSR count). The summed E-state index contributed by atoms with van der Waals surface area (Å²) in [5, 5.41) is 23.3. The molecule has 0 N–H and O–H groups in total. The zero-order chi connectivity index (χ0) is 19.7. The van der Waals surface area contributed by atoms with E-state index in [1.165, 1.54) is 29.5 Å². The molecular weight excluding hydrogens is 422 g/mol. The fourth-order valence-electron chi connectivity index (χ4n) is 2.91. The van der Waals surface area contributed by atoms with Crippen LogP contribution in [-0.4, -0.2) is 52.1 Å². The Morgan fingerprint density at radius 3 is 2.64 bits per heavy atom. The summed E-state index contributed by atoms with van der Waals surface area (Å²) in [6.45, 7) is 2.26. The summed E-state index contributed by atoms with van der Waals surface area (Å²) < 4.78 is 0. The fourth-order valence-corrected chi connectivity index (χ4v) is 4.79. The highest BCUT2D eigenvalue weighted by molar-refractivity contribution is 7.22. The summed E-state index contributed by atoms with van der Waals surface area (Å²) in [6, 6.07) is 8.12. The number of nitro benzene ring substituents is 1. The van der Waals surface area contributed by atoms with Crippen molar-refractivity contribution in [2.45, 2.75) is 0 Å². The summed E-state index contributed by atoms with van der Waals surface area (Å²) >= 11 is 8.98. The van der Waals surface area contributed by atoms with Gasteiger partial charge in [-0.1, -0.05) is 29.0 Å². The quantitative estimate of drug-likeness (QED) is 0.457. The first-order valence-corrected chi connectivity index (χ1v) is 10.5. The first-order valence-electron chi connectivity index (χ1n) is 8.38. The largest absolute Gasteiger partial charge is 0.343 e. The zero-order valence-electron chi connectivity index (χ0n) is 14.4. The number of nitrogens with zero attached hydrogens (tertiary/aromatic N) is 5. The van der Waals surface area contributed by atoms with Gasteiger partial charge in [-0.05, 0) is 23.6 Å². The lowest BCUT2D eigenvalue weighted by molar-refractivity contribution is -0.384. The van der Waals surface area contributed by atoms with Crippen LogP contribution in [-0.2, 0) is 0 Å². The second-order valence-corrected chi connectivity index (χ2v) is 8.38. The SMILES string of the molecule is O=C(c1ccc(Cl)c([N+](=O)[O-])c1)N1CCN(c2nnc(-c3cccs3)s2)CC1. The fraction of sp³-hybridized carbons (Fsp3) is 0.235. The van der Waals surface area contributed by atoms with Crippen LogP contribution in [0.5, 0.6) is 0 Å². The highest BCUT2D eigenvalue weighted by Crippen LogP contribution is 2.32. The highest BCUT2D eigenvalue weighted by Gasteiger charge is 2.26. The number of amides is 1. The molecule has 0 aliphatic carbocycles. The van der Waals surface area contributed by atoms with Crippen LogP contribution in [0.1, 0.15) is 10.4 Å².